The monoisotopic (exact) mass is 281 g/mol. The Bertz CT molecular complexity index is 589. The second kappa shape index (κ2) is 5.87. The number of benzene rings is 1. The third-order valence-corrected chi connectivity index (χ3v) is 2.89. The minimum atomic E-state index is 0.429. The van der Waals surface area contributed by atoms with E-state index in [9.17, 15) is 0 Å². The van der Waals surface area contributed by atoms with Gasteiger partial charge in [-0.1, -0.05) is 34.3 Å². The van der Waals surface area contributed by atoms with Crippen LogP contribution in [-0.2, 0) is 6.54 Å². The summed E-state index contributed by atoms with van der Waals surface area (Å²) >= 11 is 11.8. The van der Waals surface area contributed by atoms with Crippen LogP contribution < -0.4 is 5.32 Å². The van der Waals surface area contributed by atoms with Crippen molar-refractivity contribution in [1.82, 2.24) is 15.5 Å². The zero-order chi connectivity index (χ0) is 13.0. The fraction of sp³-hybridized carbons (Fsp3) is 0.167. The lowest BCUT2D eigenvalue weighted by atomic mass is 10.2. The number of hydrogen-bond donors (Lipinski definition) is 1. The van der Waals surface area contributed by atoms with Gasteiger partial charge in [0.05, 0.1) is 23.1 Å². The Kier molecular flexibility index (Phi) is 4.21. The van der Waals surface area contributed by atoms with E-state index in [1.807, 2.05) is 0 Å². The lowest BCUT2D eigenvalue weighted by molar-refractivity contribution is 0.370. The fourth-order valence-electron chi connectivity index (χ4n) is 1.32. The van der Waals surface area contributed by atoms with Gasteiger partial charge in [-0.05, 0) is 18.2 Å². The molecule has 1 heterocycles. The molecule has 2 rings (SSSR count). The highest BCUT2D eigenvalue weighted by Gasteiger charge is 2.09. The summed E-state index contributed by atoms with van der Waals surface area (Å²) in [5, 5.41) is 7.75. The first-order chi connectivity index (χ1) is 8.70. The maximum Gasteiger partial charge on any atom is 0.240 e. The van der Waals surface area contributed by atoms with E-state index in [4.69, 9.17) is 34.1 Å². The molecule has 0 aliphatic carbocycles. The number of nitrogens with one attached hydrogen (secondary N) is 1. The van der Waals surface area contributed by atoms with Crippen LogP contribution in [0.2, 0.25) is 10.0 Å². The molecule has 0 aliphatic rings. The number of aromatic nitrogens is 2. The van der Waals surface area contributed by atoms with Crippen LogP contribution in [0.1, 0.15) is 5.89 Å². The molecule has 0 saturated heterocycles. The lowest BCUT2D eigenvalue weighted by Crippen LogP contribution is -2.13. The van der Waals surface area contributed by atoms with Gasteiger partial charge in [0.15, 0.2) is 0 Å². The van der Waals surface area contributed by atoms with Crippen LogP contribution in [0.5, 0.6) is 0 Å². The number of terminal acetylenes is 1. The summed E-state index contributed by atoms with van der Waals surface area (Å²) < 4.78 is 5.07. The number of rotatable bonds is 4. The van der Waals surface area contributed by atoms with Crippen LogP contribution in [0, 0.1) is 12.3 Å². The molecule has 1 aromatic carbocycles. The molecule has 0 aliphatic heterocycles. The molecule has 0 bridgehead atoms. The summed E-state index contributed by atoms with van der Waals surface area (Å²) in [5.41, 5.74) is 0.747. The topological polar surface area (TPSA) is 51.0 Å². The van der Waals surface area contributed by atoms with Crippen LogP contribution in [-0.4, -0.2) is 16.7 Å². The summed E-state index contributed by atoms with van der Waals surface area (Å²) in [6, 6.07) is 5.15. The lowest BCUT2D eigenvalue weighted by Gasteiger charge is -1.97. The van der Waals surface area contributed by atoms with Crippen molar-refractivity contribution in [2.75, 3.05) is 6.54 Å². The normalized spacial score (nSPS) is 10.3. The number of halogens is 2. The highest BCUT2D eigenvalue weighted by atomic mass is 35.5. The molecule has 0 atom stereocenters. The Morgan fingerprint density at radius 1 is 1.33 bits per heavy atom. The number of nitrogens with zero attached hydrogens (tertiary/aromatic N) is 2. The van der Waals surface area contributed by atoms with Gasteiger partial charge in [-0.2, -0.15) is 4.98 Å². The van der Waals surface area contributed by atoms with E-state index >= 15 is 0 Å². The molecule has 2 aromatic rings. The van der Waals surface area contributed by atoms with E-state index in [0.717, 1.165) is 5.56 Å². The first-order valence-corrected chi connectivity index (χ1v) is 5.88. The van der Waals surface area contributed by atoms with Gasteiger partial charge >= 0.3 is 0 Å². The Balaban J connectivity index is 2.14. The van der Waals surface area contributed by atoms with Crippen molar-refractivity contribution in [2.24, 2.45) is 0 Å². The van der Waals surface area contributed by atoms with Gasteiger partial charge in [0, 0.05) is 5.56 Å². The Labute approximate surface area is 114 Å². The van der Waals surface area contributed by atoms with E-state index < -0.39 is 0 Å². The van der Waals surface area contributed by atoms with Crippen molar-refractivity contribution >= 4 is 23.2 Å². The minimum Gasteiger partial charge on any atom is -0.338 e. The average Bonchev–Trinajstić information content (AvgIpc) is 2.82. The molecule has 1 N–H and O–H groups in total. The predicted octanol–water partition coefficient (Wildman–Crippen LogP) is 2.77. The molecule has 0 amide bonds. The molecule has 0 unspecified atom stereocenters. The van der Waals surface area contributed by atoms with Gasteiger partial charge in [-0.15, -0.1) is 6.42 Å². The van der Waals surface area contributed by atoms with E-state index in [1.165, 1.54) is 0 Å². The third kappa shape index (κ3) is 3.02. The molecule has 6 heteroatoms. The minimum absolute atomic E-state index is 0.429. The number of hydrogen-bond acceptors (Lipinski definition) is 4. The smallest absolute Gasteiger partial charge is 0.240 e. The molecular weight excluding hydrogens is 273 g/mol. The van der Waals surface area contributed by atoms with Gasteiger partial charge in [-0.3, -0.25) is 5.32 Å². The Morgan fingerprint density at radius 3 is 2.89 bits per heavy atom. The van der Waals surface area contributed by atoms with Crippen molar-refractivity contribution in [3.05, 3.63) is 34.1 Å². The Hall–Kier alpha value is -1.54. The van der Waals surface area contributed by atoms with Crippen LogP contribution in [0.25, 0.3) is 11.4 Å². The molecule has 0 fully saturated rings. The van der Waals surface area contributed by atoms with Crippen LogP contribution in [0.15, 0.2) is 22.7 Å². The van der Waals surface area contributed by atoms with E-state index in [1.54, 1.807) is 18.2 Å². The van der Waals surface area contributed by atoms with Gasteiger partial charge in [0.25, 0.3) is 0 Å². The summed E-state index contributed by atoms with van der Waals surface area (Å²) in [5.74, 6) is 3.39. The predicted molar refractivity (Wildman–Crippen MR) is 70.3 cm³/mol. The first-order valence-electron chi connectivity index (χ1n) is 5.13. The standard InChI is InChI=1S/C12H9Cl2N3O/c1-2-5-15-7-11-16-12(17-18-11)8-3-4-9(13)10(14)6-8/h1,3-4,6,15H,5,7H2. The van der Waals surface area contributed by atoms with Gasteiger partial charge in [0.2, 0.25) is 11.7 Å². The molecule has 92 valence electrons. The van der Waals surface area contributed by atoms with Crippen molar-refractivity contribution < 1.29 is 4.52 Å². The molecule has 4 nitrogen and oxygen atoms in total. The highest BCUT2D eigenvalue weighted by molar-refractivity contribution is 6.42. The third-order valence-electron chi connectivity index (χ3n) is 2.15. The highest BCUT2D eigenvalue weighted by Crippen LogP contribution is 2.26. The zero-order valence-electron chi connectivity index (χ0n) is 9.28. The van der Waals surface area contributed by atoms with Crippen molar-refractivity contribution in [3.63, 3.8) is 0 Å². The Morgan fingerprint density at radius 2 is 2.17 bits per heavy atom. The zero-order valence-corrected chi connectivity index (χ0v) is 10.8. The molecule has 0 radical (unpaired) electrons. The van der Waals surface area contributed by atoms with E-state index in [-0.39, 0.29) is 0 Å². The van der Waals surface area contributed by atoms with Crippen molar-refractivity contribution in [1.29, 1.82) is 0 Å². The molecule has 0 saturated carbocycles. The summed E-state index contributed by atoms with van der Waals surface area (Å²) in [6.07, 6.45) is 5.11. The summed E-state index contributed by atoms with van der Waals surface area (Å²) in [4.78, 5) is 4.21. The maximum absolute atomic E-state index is 5.92. The van der Waals surface area contributed by atoms with E-state index in [2.05, 4.69) is 21.4 Å². The van der Waals surface area contributed by atoms with Gasteiger partial charge in [-0.25, -0.2) is 0 Å². The quantitative estimate of drug-likeness (QED) is 0.692. The summed E-state index contributed by atoms with van der Waals surface area (Å²) in [6.45, 7) is 0.878. The average molecular weight is 282 g/mol. The van der Waals surface area contributed by atoms with Gasteiger partial charge in [0.1, 0.15) is 0 Å². The SMILES string of the molecule is C#CCNCc1nc(-c2ccc(Cl)c(Cl)c2)no1. The van der Waals surface area contributed by atoms with Crippen LogP contribution in [0.3, 0.4) is 0 Å². The van der Waals surface area contributed by atoms with Crippen LogP contribution in [0.4, 0.5) is 0 Å². The molecule has 18 heavy (non-hydrogen) atoms. The first kappa shape index (κ1) is 12.9. The molecular formula is C12H9Cl2N3O. The van der Waals surface area contributed by atoms with Crippen molar-refractivity contribution in [2.45, 2.75) is 6.54 Å². The summed E-state index contributed by atoms with van der Waals surface area (Å²) in [7, 11) is 0. The van der Waals surface area contributed by atoms with Crippen LogP contribution >= 0.6 is 23.2 Å². The van der Waals surface area contributed by atoms with E-state index in [0.29, 0.717) is 34.8 Å². The van der Waals surface area contributed by atoms with Crippen molar-refractivity contribution in [3.8, 4) is 23.7 Å². The fourth-order valence-corrected chi connectivity index (χ4v) is 1.62. The second-order valence-corrected chi connectivity index (χ2v) is 4.26. The van der Waals surface area contributed by atoms with Gasteiger partial charge < -0.3 is 4.52 Å². The second-order valence-electron chi connectivity index (χ2n) is 3.45. The maximum atomic E-state index is 5.92. The molecule has 1 aromatic heterocycles. The molecule has 0 spiro atoms. The largest absolute Gasteiger partial charge is 0.338 e.